The summed E-state index contributed by atoms with van der Waals surface area (Å²) in [5.74, 6) is -1.43. The highest BCUT2D eigenvalue weighted by atomic mass is 79.9. The van der Waals surface area contributed by atoms with Gasteiger partial charge in [-0.2, -0.15) is 0 Å². The van der Waals surface area contributed by atoms with E-state index in [2.05, 4.69) is 63.7 Å². The van der Waals surface area contributed by atoms with E-state index in [4.69, 9.17) is 11.6 Å². The van der Waals surface area contributed by atoms with E-state index in [9.17, 15) is 14.4 Å². The number of carbonyl (C=O) groups is 3. The van der Waals surface area contributed by atoms with Gasteiger partial charge in [0.1, 0.15) is 0 Å². The number of amides is 2. The van der Waals surface area contributed by atoms with Crippen LogP contribution < -0.4 is 4.90 Å². The van der Waals surface area contributed by atoms with Gasteiger partial charge in [-0.1, -0.05) is 41.9 Å². The van der Waals surface area contributed by atoms with Crippen LogP contribution in [0.25, 0.3) is 0 Å². The molecule has 0 atom stereocenters. The van der Waals surface area contributed by atoms with E-state index < -0.39 is 11.8 Å². The van der Waals surface area contributed by atoms with Gasteiger partial charge in [0, 0.05) is 34.0 Å². The molecule has 2 amide bonds. The Hall–Kier alpha value is -1.32. The maximum Gasteiger partial charge on any atom is 0.267 e. The first-order chi connectivity index (χ1) is 14.2. The number of anilines is 1. The van der Waals surface area contributed by atoms with Gasteiger partial charge in [0.05, 0.1) is 16.8 Å². The van der Waals surface area contributed by atoms with E-state index in [1.54, 1.807) is 30.3 Å². The summed E-state index contributed by atoms with van der Waals surface area (Å²) in [7, 11) is 0. The molecule has 3 aromatic carbocycles. The first-order valence-corrected chi connectivity index (χ1v) is 11.9. The summed E-state index contributed by atoms with van der Waals surface area (Å²) in [5.41, 5.74) is 1.16. The third-order valence-electron chi connectivity index (χ3n) is 4.58. The van der Waals surface area contributed by atoms with Crippen molar-refractivity contribution in [3.05, 3.63) is 93.7 Å². The fourth-order valence-electron chi connectivity index (χ4n) is 3.20. The number of halogens is 5. The van der Waals surface area contributed by atoms with Crippen LogP contribution in [-0.2, 0) is 0 Å². The molecule has 4 rings (SSSR count). The average Bonchev–Trinajstić information content (AvgIpc) is 3.01. The lowest BCUT2D eigenvalue weighted by Gasteiger charge is -2.18. The molecule has 30 heavy (non-hydrogen) atoms. The fraction of sp³-hybridized carbons (Fsp3) is 0. The molecule has 0 fully saturated rings. The zero-order valence-electron chi connectivity index (χ0n) is 14.7. The predicted octanol–water partition coefficient (Wildman–Crippen LogP) is 7.42. The molecule has 9 heteroatoms. The predicted molar refractivity (Wildman–Crippen MR) is 130 cm³/mol. The number of benzene rings is 3. The maximum absolute atomic E-state index is 13.3. The van der Waals surface area contributed by atoms with Crippen molar-refractivity contribution in [1.82, 2.24) is 0 Å². The molecule has 0 saturated carbocycles. The Balaban J connectivity index is 1.92. The topological polar surface area (TPSA) is 54.5 Å². The summed E-state index contributed by atoms with van der Waals surface area (Å²) in [6.07, 6.45) is 0. The molecule has 3 aromatic rings. The van der Waals surface area contributed by atoms with Crippen LogP contribution >= 0.6 is 75.3 Å². The van der Waals surface area contributed by atoms with E-state index in [0.29, 0.717) is 28.5 Å². The number of carbonyl (C=O) groups excluding carboxylic acids is 3. The molecule has 0 aliphatic carbocycles. The third-order valence-corrected chi connectivity index (χ3v) is 9.58. The van der Waals surface area contributed by atoms with Gasteiger partial charge >= 0.3 is 0 Å². The van der Waals surface area contributed by atoms with E-state index >= 15 is 0 Å². The molecular formula is C21H8Br4ClNO3. The Morgan fingerprint density at radius 3 is 1.83 bits per heavy atom. The molecule has 4 nitrogen and oxygen atoms in total. The van der Waals surface area contributed by atoms with Crippen molar-refractivity contribution in [2.45, 2.75) is 0 Å². The summed E-state index contributed by atoms with van der Waals surface area (Å²) in [6, 6.07) is 13.1. The number of fused-ring (bicyclic) bond motifs is 1. The second-order valence-corrected chi connectivity index (χ2v) is 9.92. The van der Waals surface area contributed by atoms with E-state index in [0.717, 1.165) is 4.90 Å². The molecule has 1 heterocycles. The van der Waals surface area contributed by atoms with E-state index in [1.807, 2.05) is 0 Å². The molecule has 0 N–H and O–H groups in total. The highest BCUT2D eigenvalue weighted by Gasteiger charge is 2.43. The lowest BCUT2D eigenvalue weighted by Crippen LogP contribution is -2.31. The average molecular weight is 677 g/mol. The lowest BCUT2D eigenvalue weighted by molar-refractivity contribution is 0.0925. The van der Waals surface area contributed by atoms with Crippen LogP contribution in [-0.4, -0.2) is 17.6 Å². The molecule has 0 radical (unpaired) electrons. The summed E-state index contributed by atoms with van der Waals surface area (Å²) < 4.78 is 2.07. The molecule has 0 unspecified atom stereocenters. The van der Waals surface area contributed by atoms with Crippen molar-refractivity contribution in [2.75, 3.05) is 4.90 Å². The number of ketones is 1. The second-order valence-electron chi connectivity index (χ2n) is 6.31. The van der Waals surface area contributed by atoms with Gasteiger partial charge in [0.15, 0.2) is 5.78 Å². The van der Waals surface area contributed by atoms with Crippen LogP contribution in [0, 0.1) is 0 Å². The Morgan fingerprint density at radius 1 is 0.767 bits per heavy atom. The smallest absolute Gasteiger partial charge is 0.267 e. The van der Waals surface area contributed by atoms with E-state index in [1.165, 1.54) is 18.2 Å². The first-order valence-electron chi connectivity index (χ1n) is 8.38. The number of nitrogens with zero attached hydrogens (tertiary/aromatic N) is 1. The van der Waals surface area contributed by atoms with Crippen molar-refractivity contribution in [3.8, 4) is 0 Å². The highest BCUT2D eigenvalue weighted by Crippen LogP contribution is 2.46. The SMILES string of the molecule is O=C(c1ccccc1)c1cc(Cl)ccc1N1C(=O)c2c(Br)c(Br)c(Br)c(Br)c2C1=O. The van der Waals surface area contributed by atoms with Gasteiger partial charge in [-0.05, 0) is 81.9 Å². The van der Waals surface area contributed by atoms with Crippen molar-refractivity contribution < 1.29 is 14.4 Å². The fourth-order valence-corrected chi connectivity index (χ4v) is 5.83. The highest BCUT2D eigenvalue weighted by molar-refractivity contribution is 9.15. The van der Waals surface area contributed by atoms with Crippen molar-refractivity contribution in [3.63, 3.8) is 0 Å². The number of rotatable bonds is 3. The number of imide groups is 1. The summed E-state index contributed by atoms with van der Waals surface area (Å²) in [6.45, 7) is 0. The molecule has 150 valence electrons. The third kappa shape index (κ3) is 3.42. The zero-order chi connectivity index (χ0) is 21.7. The summed E-state index contributed by atoms with van der Waals surface area (Å²) in [5, 5.41) is 0.322. The minimum Gasteiger partial charge on any atom is -0.289 e. The summed E-state index contributed by atoms with van der Waals surface area (Å²) >= 11 is 19.7. The van der Waals surface area contributed by atoms with Crippen LogP contribution in [0.1, 0.15) is 36.6 Å². The maximum atomic E-state index is 13.3. The van der Waals surface area contributed by atoms with Gasteiger partial charge in [-0.25, -0.2) is 4.90 Å². The Morgan fingerprint density at radius 2 is 1.30 bits per heavy atom. The number of hydrogen-bond donors (Lipinski definition) is 0. The van der Waals surface area contributed by atoms with Crippen LogP contribution in [0.5, 0.6) is 0 Å². The molecule has 0 aromatic heterocycles. The summed E-state index contributed by atoms with van der Waals surface area (Å²) in [4.78, 5) is 40.8. The first kappa shape index (κ1) is 21.9. The Labute approximate surface area is 210 Å². The Bertz CT molecular complexity index is 1210. The standard InChI is InChI=1S/C21H8Br4ClNO3/c22-15-13-14(16(23)18(25)17(15)24)21(30)27(20(13)29)12-7-6-10(26)8-11(12)19(28)9-4-2-1-3-5-9/h1-8H. The minimum atomic E-state index is -0.541. The van der Waals surface area contributed by atoms with Gasteiger partial charge < -0.3 is 0 Å². The van der Waals surface area contributed by atoms with Crippen molar-refractivity contribution in [2.24, 2.45) is 0 Å². The largest absolute Gasteiger partial charge is 0.289 e. The van der Waals surface area contributed by atoms with Crippen LogP contribution in [0.15, 0.2) is 66.4 Å². The van der Waals surface area contributed by atoms with Crippen molar-refractivity contribution in [1.29, 1.82) is 0 Å². The number of hydrogen-bond acceptors (Lipinski definition) is 3. The van der Waals surface area contributed by atoms with Crippen LogP contribution in [0.3, 0.4) is 0 Å². The van der Waals surface area contributed by atoms with Crippen LogP contribution in [0.2, 0.25) is 5.02 Å². The molecule has 1 aliphatic heterocycles. The lowest BCUT2D eigenvalue weighted by atomic mass is 10.0. The molecular weight excluding hydrogens is 669 g/mol. The zero-order valence-corrected chi connectivity index (χ0v) is 21.8. The second kappa shape index (κ2) is 8.31. The molecule has 0 bridgehead atoms. The normalized spacial score (nSPS) is 13.0. The quantitative estimate of drug-likeness (QED) is 0.126. The monoisotopic (exact) mass is 673 g/mol. The minimum absolute atomic E-state index is 0.161. The van der Waals surface area contributed by atoms with E-state index in [-0.39, 0.29) is 28.2 Å². The molecule has 1 aliphatic rings. The van der Waals surface area contributed by atoms with Crippen LogP contribution in [0.4, 0.5) is 5.69 Å². The van der Waals surface area contributed by atoms with Gasteiger partial charge in [-0.3, -0.25) is 14.4 Å². The Kier molecular flexibility index (Phi) is 6.07. The van der Waals surface area contributed by atoms with Gasteiger partial charge in [0.2, 0.25) is 0 Å². The van der Waals surface area contributed by atoms with Crippen molar-refractivity contribution >= 4 is 98.6 Å². The van der Waals surface area contributed by atoms with Gasteiger partial charge in [-0.15, -0.1) is 0 Å². The molecule has 0 saturated heterocycles. The van der Waals surface area contributed by atoms with Gasteiger partial charge in [0.25, 0.3) is 11.8 Å². The molecule has 0 spiro atoms.